The van der Waals surface area contributed by atoms with Crippen LogP contribution in [0.25, 0.3) is 0 Å². The van der Waals surface area contributed by atoms with E-state index >= 15 is 0 Å². The van der Waals surface area contributed by atoms with Crippen LogP contribution < -0.4 is 33.8 Å². The highest BCUT2D eigenvalue weighted by molar-refractivity contribution is 5.93. The summed E-state index contributed by atoms with van der Waals surface area (Å²) in [7, 11) is 2.11. The first-order valence-corrected chi connectivity index (χ1v) is 8.28. The number of likely N-dealkylation sites (N-methyl/N-ethyl adjacent to an activating group) is 1. The Balaban J connectivity index is 0.00000225. The van der Waals surface area contributed by atoms with Crippen LogP contribution >= 0.6 is 0 Å². The van der Waals surface area contributed by atoms with E-state index in [0.29, 0.717) is 0 Å². The number of anilines is 2. The highest BCUT2D eigenvalue weighted by atomic mass is 127. The Morgan fingerprint density at radius 3 is 2.28 bits per heavy atom. The van der Waals surface area contributed by atoms with E-state index in [1.54, 1.807) is 11.8 Å². The lowest BCUT2D eigenvalue weighted by atomic mass is 9.80. The molecule has 0 saturated carbocycles. The van der Waals surface area contributed by atoms with Crippen molar-refractivity contribution in [1.29, 1.82) is 0 Å². The molecular weight excluding hydrogens is 423 g/mol. The monoisotopic (exact) mass is 447 g/mol. The van der Waals surface area contributed by atoms with Gasteiger partial charge in [-0.25, -0.2) is 0 Å². The maximum absolute atomic E-state index is 12.1. The summed E-state index contributed by atoms with van der Waals surface area (Å²) in [5, 5.41) is 0. The van der Waals surface area contributed by atoms with E-state index in [1.165, 1.54) is 11.3 Å². The average Bonchev–Trinajstić information content (AvgIpc) is 2.76. The normalized spacial score (nSPS) is 17.9. The third kappa shape index (κ3) is 3.59. The van der Waals surface area contributed by atoms with Gasteiger partial charge in [-0.3, -0.25) is 9.69 Å². The molecule has 0 aromatic heterocycles. The molecule has 1 atom stereocenters. The summed E-state index contributed by atoms with van der Waals surface area (Å²) in [6.07, 6.45) is 4.04. The van der Waals surface area contributed by atoms with E-state index in [2.05, 4.69) is 56.1 Å². The molecule has 0 saturated heterocycles. The second kappa shape index (κ2) is 7.60. The molecule has 25 heavy (non-hydrogen) atoms. The maximum atomic E-state index is 12.1. The SMILES string of the molecule is CC(=O)N(C=CC1N(C)c2ccccc2C1(C)C)c1ccccc1.[I-]. The predicted molar refractivity (Wildman–Crippen MR) is 100 cm³/mol. The van der Waals surface area contributed by atoms with Crippen molar-refractivity contribution in [3.63, 3.8) is 0 Å². The minimum absolute atomic E-state index is 0. The molecule has 1 amide bonds. The van der Waals surface area contributed by atoms with Crippen molar-refractivity contribution in [2.75, 3.05) is 16.8 Å². The topological polar surface area (TPSA) is 23.6 Å². The van der Waals surface area contributed by atoms with E-state index in [4.69, 9.17) is 0 Å². The Bertz CT molecular complexity index is 770. The van der Waals surface area contributed by atoms with Crippen molar-refractivity contribution < 1.29 is 28.8 Å². The van der Waals surface area contributed by atoms with Crippen LogP contribution in [0.1, 0.15) is 26.3 Å². The highest BCUT2D eigenvalue weighted by Crippen LogP contribution is 2.44. The molecule has 0 fully saturated rings. The van der Waals surface area contributed by atoms with Crippen LogP contribution in [0.5, 0.6) is 0 Å². The lowest BCUT2D eigenvalue weighted by Gasteiger charge is -2.30. The van der Waals surface area contributed by atoms with Crippen LogP contribution in [0.2, 0.25) is 0 Å². The smallest absolute Gasteiger partial charge is 0.227 e. The minimum Gasteiger partial charge on any atom is -1.00 e. The van der Waals surface area contributed by atoms with Crippen molar-refractivity contribution in [3.8, 4) is 0 Å². The minimum atomic E-state index is -0.0129. The van der Waals surface area contributed by atoms with Gasteiger partial charge in [0.15, 0.2) is 0 Å². The number of hydrogen-bond acceptors (Lipinski definition) is 2. The van der Waals surface area contributed by atoms with Gasteiger partial charge in [0.25, 0.3) is 0 Å². The van der Waals surface area contributed by atoms with E-state index < -0.39 is 0 Å². The average molecular weight is 447 g/mol. The van der Waals surface area contributed by atoms with Gasteiger partial charge < -0.3 is 28.9 Å². The number of benzene rings is 2. The van der Waals surface area contributed by atoms with Crippen molar-refractivity contribution in [2.24, 2.45) is 0 Å². The summed E-state index contributed by atoms with van der Waals surface area (Å²) >= 11 is 0. The Kier molecular flexibility index (Phi) is 5.93. The molecule has 3 nitrogen and oxygen atoms in total. The summed E-state index contributed by atoms with van der Waals surface area (Å²) < 4.78 is 0. The lowest BCUT2D eigenvalue weighted by molar-refractivity contribution is -0.116. The molecule has 0 radical (unpaired) electrons. The lowest BCUT2D eigenvalue weighted by Crippen LogP contribution is -3.00. The van der Waals surface area contributed by atoms with Gasteiger partial charge in [-0.05, 0) is 29.8 Å². The fourth-order valence-corrected chi connectivity index (χ4v) is 3.62. The number of halogens is 1. The van der Waals surface area contributed by atoms with E-state index in [9.17, 15) is 4.79 Å². The Morgan fingerprint density at radius 2 is 1.68 bits per heavy atom. The number of carbonyl (C=O) groups excluding carboxylic acids is 1. The fourth-order valence-electron chi connectivity index (χ4n) is 3.62. The third-order valence-electron chi connectivity index (χ3n) is 4.93. The van der Waals surface area contributed by atoms with Crippen molar-refractivity contribution >= 4 is 17.3 Å². The quantitative estimate of drug-likeness (QED) is 0.664. The van der Waals surface area contributed by atoms with Gasteiger partial charge in [0, 0.05) is 37.0 Å². The Labute approximate surface area is 167 Å². The van der Waals surface area contributed by atoms with E-state index in [1.807, 2.05) is 36.5 Å². The predicted octanol–water partition coefficient (Wildman–Crippen LogP) is 1.35. The first kappa shape index (κ1) is 19.5. The molecule has 2 aromatic carbocycles. The van der Waals surface area contributed by atoms with Crippen LogP contribution in [0.3, 0.4) is 0 Å². The third-order valence-corrected chi connectivity index (χ3v) is 4.93. The van der Waals surface area contributed by atoms with Crippen molar-refractivity contribution in [2.45, 2.75) is 32.2 Å². The van der Waals surface area contributed by atoms with Crippen LogP contribution in [0.4, 0.5) is 11.4 Å². The van der Waals surface area contributed by atoms with Gasteiger partial charge in [0.05, 0.1) is 6.04 Å². The molecule has 4 heteroatoms. The molecule has 0 N–H and O–H groups in total. The molecular formula is C21H24IN2O-. The summed E-state index contributed by atoms with van der Waals surface area (Å²) in [5.74, 6) is 0.00780. The molecule has 0 aliphatic carbocycles. The number of hydrogen-bond donors (Lipinski definition) is 0. The number of rotatable bonds is 3. The van der Waals surface area contributed by atoms with Gasteiger partial charge in [-0.15, -0.1) is 0 Å². The van der Waals surface area contributed by atoms with Gasteiger partial charge >= 0.3 is 0 Å². The van der Waals surface area contributed by atoms with Crippen LogP contribution in [-0.2, 0) is 10.2 Å². The molecule has 1 aliphatic heterocycles. The van der Waals surface area contributed by atoms with Gasteiger partial charge in [-0.1, -0.05) is 50.2 Å². The summed E-state index contributed by atoms with van der Waals surface area (Å²) in [5.41, 5.74) is 3.47. The number of fused-ring (bicyclic) bond motifs is 1. The van der Waals surface area contributed by atoms with Crippen LogP contribution in [0, 0.1) is 0 Å². The first-order valence-electron chi connectivity index (χ1n) is 8.28. The van der Waals surface area contributed by atoms with Gasteiger partial charge in [0.2, 0.25) is 5.91 Å². The second-order valence-electron chi connectivity index (χ2n) is 6.86. The molecule has 0 spiro atoms. The Hall–Kier alpha value is -1.82. The summed E-state index contributed by atoms with van der Waals surface area (Å²) in [4.78, 5) is 16.1. The number of para-hydroxylation sites is 2. The second-order valence-corrected chi connectivity index (χ2v) is 6.86. The molecule has 1 aliphatic rings. The highest BCUT2D eigenvalue weighted by Gasteiger charge is 2.41. The summed E-state index contributed by atoms with van der Waals surface area (Å²) in [6.45, 7) is 6.10. The zero-order chi connectivity index (χ0) is 17.3. The maximum Gasteiger partial charge on any atom is 0.227 e. The van der Waals surface area contributed by atoms with Crippen LogP contribution in [-0.4, -0.2) is 19.0 Å². The van der Waals surface area contributed by atoms with Crippen molar-refractivity contribution in [1.82, 2.24) is 0 Å². The zero-order valence-electron chi connectivity index (χ0n) is 15.1. The number of amides is 1. The van der Waals surface area contributed by atoms with Gasteiger partial charge in [-0.2, -0.15) is 0 Å². The Morgan fingerprint density at radius 1 is 1.08 bits per heavy atom. The van der Waals surface area contributed by atoms with E-state index in [-0.39, 0.29) is 41.3 Å². The molecule has 0 bridgehead atoms. The standard InChI is InChI=1S/C21H24N2O.HI/c1-16(24)23(17-10-6-5-7-11-17)15-14-20-21(2,3)18-12-8-9-13-19(18)22(20)4;/h5-15,20H,1-4H3;1H/p-1. The summed E-state index contributed by atoms with van der Waals surface area (Å²) in [6, 6.07) is 18.5. The fraction of sp³-hybridized carbons (Fsp3) is 0.286. The van der Waals surface area contributed by atoms with Crippen LogP contribution in [0.15, 0.2) is 66.9 Å². The zero-order valence-corrected chi connectivity index (χ0v) is 17.3. The number of nitrogens with zero attached hydrogens (tertiary/aromatic N) is 2. The van der Waals surface area contributed by atoms with E-state index in [0.717, 1.165) is 5.69 Å². The first-order chi connectivity index (χ1) is 11.4. The molecule has 2 aromatic rings. The molecule has 3 rings (SSSR count). The molecule has 132 valence electrons. The number of carbonyl (C=O) groups is 1. The molecule has 1 heterocycles. The molecule has 1 unspecified atom stereocenters. The van der Waals surface area contributed by atoms with Gasteiger partial charge in [0.1, 0.15) is 0 Å². The largest absolute Gasteiger partial charge is 1.00 e. The van der Waals surface area contributed by atoms with Crippen molar-refractivity contribution in [3.05, 3.63) is 72.4 Å².